The maximum absolute atomic E-state index is 13.3. The van der Waals surface area contributed by atoms with Gasteiger partial charge in [0.05, 0.1) is 18.2 Å². The molecule has 1 aromatic carbocycles. The van der Waals surface area contributed by atoms with E-state index in [1.807, 2.05) is 11.5 Å². The van der Waals surface area contributed by atoms with Crippen molar-refractivity contribution in [2.24, 2.45) is 5.73 Å². The zero-order valence-corrected chi connectivity index (χ0v) is 12.0. The van der Waals surface area contributed by atoms with Crippen molar-refractivity contribution in [2.45, 2.75) is 39.5 Å². The Morgan fingerprint density at radius 2 is 2.10 bits per heavy atom. The van der Waals surface area contributed by atoms with E-state index in [0.29, 0.717) is 18.4 Å². The van der Waals surface area contributed by atoms with Crippen LogP contribution in [0.5, 0.6) is 5.75 Å². The van der Waals surface area contributed by atoms with Crippen molar-refractivity contribution in [1.82, 2.24) is 9.55 Å². The van der Waals surface area contributed by atoms with Gasteiger partial charge in [0.2, 0.25) is 0 Å². The molecule has 108 valence electrons. The molecule has 0 spiro atoms. The number of halogens is 1. The first kappa shape index (κ1) is 14.5. The van der Waals surface area contributed by atoms with E-state index in [4.69, 9.17) is 10.5 Å². The highest BCUT2D eigenvalue weighted by Gasteiger charge is 2.11. The molecule has 5 heteroatoms. The molecule has 0 fully saturated rings. The monoisotopic (exact) mass is 277 g/mol. The fourth-order valence-corrected chi connectivity index (χ4v) is 2.07. The van der Waals surface area contributed by atoms with Crippen molar-refractivity contribution in [1.29, 1.82) is 0 Å². The summed E-state index contributed by atoms with van der Waals surface area (Å²) in [5, 5.41) is 0. The molecular weight excluding hydrogens is 257 g/mol. The molecule has 1 aromatic heterocycles. The van der Waals surface area contributed by atoms with Gasteiger partial charge in [0.1, 0.15) is 18.2 Å². The zero-order chi connectivity index (χ0) is 14.7. The number of rotatable bonds is 5. The van der Waals surface area contributed by atoms with Crippen LogP contribution in [-0.4, -0.2) is 9.55 Å². The van der Waals surface area contributed by atoms with E-state index in [-0.39, 0.29) is 11.9 Å². The molecule has 1 unspecified atom stereocenters. The Hall–Kier alpha value is -1.88. The summed E-state index contributed by atoms with van der Waals surface area (Å²) < 4.78 is 21.1. The molecule has 0 bridgehead atoms. The summed E-state index contributed by atoms with van der Waals surface area (Å²) in [6.07, 6.45) is 3.52. The number of benzene rings is 1. The molecule has 0 aliphatic rings. The van der Waals surface area contributed by atoms with E-state index >= 15 is 0 Å². The van der Waals surface area contributed by atoms with Crippen molar-refractivity contribution >= 4 is 0 Å². The minimum absolute atomic E-state index is 0.208. The highest BCUT2D eigenvalue weighted by molar-refractivity contribution is 5.36. The van der Waals surface area contributed by atoms with Gasteiger partial charge in [-0.1, -0.05) is 6.07 Å². The summed E-state index contributed by atoms with van der Waals surface area (Å²) in [4.78, 5) is 4.11. The van der Waals surface area contributed by atoms with E-state index in [1.54, 1.807) is 18.6 Å². The van der Waals surface area contributed by atoms with E-state index in [1.165, 1.54) is 12.1 Å². The molecule has 2 aromatic rings. The average molecular weight is 277 g/mol. The van der Waals surface area contributed by atoms with Gasteiger partial charge in [0.25, 0.3) is 0 Å². The first-order chi connectivity index (χ1) is 9.49. The Morgan fingerprint density at radius 1 is 1.35 bits per heavy atom. The van der Waals surface area contributed by atoms with Gasteiger partial charge < -0.3 is 15.0 Å². The molecule has 1 atom stereocenters. The van der Waals surface area contributed by atoms with E-state index < -0.39 is 0 Å². The molecule has 0 radical (unpaired) electrons. The smallest absolute Gasteiger partial charge is 0.130 e. The second-order valence-corrected chi connectivity index (χ2v) is 5.15. The van der Waals surface area contributed by atoms with Gasteiger partial charge in [-0.25, -0.2) is 9.37 Å². The SMILES string of the molecule is CC(N)c1ccc(F)cc1OCc1cncn1C(C)C. The molecule has 4 nitrogen and oxygen atoms in total. The van der Waals surface area contributed by atoms with Crippen molar-refractivity contribution < 1.29 is 9.13 Å². The molecule has 2 rings (SSSR count). The van der Waals surface area contributed by atoms with Crippen LogP contribution in [0.2, 0.25) is 0 Å². The highest BCUT2D eigenvalue weighted by Crippen LogP contribution is 2.26. The van der Waals surface area contributed by atoms with Gasteiger partial charge in [-0.3, -0.25) is 0 Å². The van der Waals surface area contributed by atoms with Crippen LogP contribution in [0, 0.1) is 5.82 Å². The number of nitrogens with two attached hydrogens (primary N) is 1. The minimum Gasteiger partial charge on any atom is -0.487 e. The molecule has 0 saturated heterocycles. The van der Waals surface area contributed by atoms with Crippen LogP contribution in [0.1, 0.15) is 44.1 Å². The van der Waals surface area contributed by atoms with Crippen LogP contribution in [0.15, 0.2) is 30.7 Å². The lowest BCUT2D eigenvalue weighted by atomic mass is 10.1. The van der Waals surface area contributed by atoms with E-state index in [9.17, 15) is 4.39 Å². The third kappa shape index (κ3) is 3.17. The van der Waals surface area contributed by atoms with Gasteiger partial charge >= 0.3 is 0 Å². The van der Waals surface area contributed by atoms with Crippen LogP contribution < -0.4 is 10.5 Å². The molecule has 0 aliphatic heterocycles. The van der Waals surface area contributed by atoms with Crippen LogP contribution in [0.25, 0.3) is 0 Å². The predicted octanol–water partition coefficient (Wildman–Crippen LogP) is 3.20. The van der Waals surface area contributed by atoms with Crippen LogP contribution in [-0.2, 0) is 6.61 Å². The molecular formula is C15H20FN3O. The maximum atomic E-state index is 13.3. The van der Waals surface area contributed by atoms with Crippen LogP contribution in [0.4, 0.5) is 4.39 Å². The van der Waals surface area contributed by atoms with Crippen molar-refractivity contribution in [3.8, 4) is 5.75 Å². The normalized spacial score (nSPS) is 12.7. The topological polar surface area (TPSA) is 53.1 Å². The van der Waals surface area contributed by atoms with Crippen LogP contribution in [0.3, 0.4) is 0 Å². The second-order valence-electron chi connectivity index (χ2n) is 5.15. The summed E-state index contributed by atoms with van der Waals surface area (Å²) in [6.45, 7) is 6.32. The number of hydrogen-bond acceptors (Lipinski definition) is 3. The molecule has 20 heavy (non-hydrogen) atoms. The van der Waals surface area contributed by atoms with Crippen molar-refractivity contribution in [3.63, 3.8) is 0 Å². The minimum atomic E-state index is -0.332. The zero-order valence-electron chi connectivity index (χ0n) is 12.0. The number of hydrogen-bond donors (Lipinski definition) is 1. The Bertz CT molecular complexity index is 578. The number of nitrogens with zero attached hydrogens (tertiary/aromatic N) is 2. The van der Waals surface area contributed by atoms with E-state index in [2.05, 4.69) is 18.8 Å². The highest BCUT2D eigenvalue weighted by atomic mass is 19.1. The molecule has 0 saturated carbocycles. The maximum Gasteiger partial charge on any atom is 0.130 e. The first-order valence-corrected chi connectivity index (χ1v) is 6.67. The lowest BCUT2D eigenvalue weighted by molar-refractivity contribution is 0.286. The Balaban J connectivity index is 2.18. The average Bonchev–Trinajstić information content (AvgIpc) is 2.84. The van der Waals surface area contributed by atoms with E-state index in [0.717, 1.165) is 11.3 Å². The third-order valence-corrected chi connectivity index (χ3v) is 3.14. The fraction of sp³-hybridized carbons (Fsp3) is 0.400. The summed E-state index contributed by atoms with van der Waals surface area (Å²) >= 11 is 0. The van der Waals surface area contributed by atoms with Crippen molar-refractivity contribution in [2.75, 3.05) is 0 Å². The summed E-state index contributed by atoms with van der Waals surface area (Å²) in [5.41, 5.74) is 7.61. The first-order valence-electron chi connectivity index (χ1n) is 6.67. The van der Waals surface area contributed by atoms with Gasteiger partial charge in [0, 0.05) is 23.7 Å². The molecule has 1 heterocycles. The third-order valence-electron chi connectivity index (χ3n) is 3.14. The van der Waals surface area contributed by atoms with Gasteiger partial charge in [-0.2, -0.15) is 0 Å². The second kappa shape index (κ2) is 6.05. The summed E-state index contributed by atoms with van der Waals surface area (Å²) in [6, 6.07) is 4.52. The van der Waals surface area contributed by atoms with Crippen molar-refractivity contribution in [3.05, 3.63) is 47.8 Å². The predicted molar refractivity (Wildman–Crippen MR) is 75.9 cm³/mol. The molecule has 0 aliphatic carbocycles. The van der Waals surface area contributed by atoms with Crippen LogP contribution >= 0.6 is 0 Å². The standard InChI is InChI=1S/C15H20FN3O/c1-10(2)19-9-18-7-13(19)8-20-15-6-12(16)4-5-14(15)11(3)17/h4-7,9-11H,8,17H2,1-3H3. The van der Waals surface area contributed by atoms with Gasteiger partial charge in [0.15, 0.2) is 0 Å². The Kier molecular flexibility index (Phi) is 4.39. The quantitative estimate of drug-likeness (QED) is 0.913. The number of imidazole rings is 1. The summed E-state index contributed by atoms with van der Waals surface area (Å²) in [7, 11) is 0. The Labute approximate surface area is 118 Å². The number of aromatic nitrogens is 2. The fourth-order valence-electron chi connectivity index (χ4n) is 2.07. The Morgan fingerprint density at radius 3 is 2.75 bits per heavy atom. The van der Waals surface area contributed by atoms with Gasteiger partial charge in [-0.05, 0) is 26.8 Å². The molecule has 2 N–H and O–H groups in total. The lowest BCUT2D eigenvalue weighted by Crippen LogP contribution is -2.11. The number of ether oxygens (including phenoxy) is 1. The lowest BCUT2D eigenvalue weighted by Gasteiger charge is -2.16. The largest absolute Gasteiger partial charge is 0.487 e. The molecule has 0 amide bonds. The van der Waals surface area contributed by atoms with Gasteiger partial charge in [-0.15, -0.1) is 0 Å². The summed E-state index contributed by atoms with van der Waals surface area (Å²) in [5.74, 6) is 0.151.